The van der Waals surface area contributed by atoms with Gasteiger partial charge in [-0.3, -0.25) is 0 Å². The fourth-order valence-corrected chi connectivity index (χ4v) is 1.23. The second-order valence-corrected chi connectivity index (χ2v) is 2.62. The van der Waals surface area contributed by atoms with Gasteiger partial charge in [0.25, 0.3) is 0 Å². The Labute approximate surface area is 86.9 Å². The van der Waals surface area contributed by atoms with Gasteiger partial charge in [0, 0.05) is 10.8 Å². The summed E-state index contributed by atoms with van der Waals surface area (Å²) in [5.74, 6) is 6.22. The van der Waals surface area contributed by atoms with Crippen molar-refractivity contribution in [2.45, 2.75) is 0 Å². The van der Waals surface area contributed by atoms with Gasteiger partial charge in [0.1, 0.15) is 0 Å². The van der Waals surface area contributed by atoms with Gasteiger partial charge < -0.3 is 11.2 Å². The van der Waals surface area contributed by atoms with E-state index in [2.05, 4.69) is 15.6 Å². The molecule has 0 saturated carbocycles. The highest BCUT2D eigenvalue weighted by atomic mass is 35.5. The van der Waals surface area contributed by atoms with Gasteiger partial charge in [-0.1, -0.05) is 24.3 Å². The minimum atomic E-state index is 0. The van der Waals surface area contributed by atoms with Crippen molar-refractivity contribution < 1.29 is 0 Å². The molecule has 5 N–H and O–H groups in total. The summed E-state index contributed by atoms with van der Waals surface area (Å²) < 4.78 is 0. The van der Waals surface area contributed by atoms with Crippen LogP contribution in [0.3, 0.4) is 0 Å². The molecule has 74 valence electrons. The molecule has 5 nitrogen and oxygen atoms in total. The van der Waals surface area contributed by atoms with Crippen molar-refractivity contribution >= 4 is 34.8 Å². The zero-order valence-corrected chi connectivity index (χ0v) is 8.08. The third-order valence-corrected chi connectivity index (χ3v) is 1.85. The lowest BCUT2D eigenvalue weighted by Gasteiger charge is -2.04. The second kappa shape index (κ2) is 4.08. The highest BCUT2D eigenvalue weighted by Gasteiger charge is 2.03. The number of rotatable bonds is 1. The number of fused-ring (bicyclic) bond motifs is 1. The number of anilines is 2. The van der Waals surface area contributed by atoms with Crippen molar-refractivity contribution in [3.8, 4) is 0 Å². The van der Waals surface area contributed by atoms with Gasteiger partial charge in [-0.15, -0.1) is 22.6 Å². The molecule has 0 bridgehead atoms. The smallest absolute Gasteiger partial charge is 0.170 e. The number of nitrogens with two attached hydrogens (primary N) is 2. The van der Waals surface area contributed by atoms with E-state index in [1.807, 2.05) is 24.3 Å². The van der Waals surface area contributed by atoms with Crippen LogP contribution in [0.4, 0.5) is 11.6 Å². The molecule has 2 aromatic rings. The number of nitrogens with one attached hydrogen (secondary N) is 1. The van der Waals surface area contributed by atoms with E-state index in [-0.39, 0.29) is 12.4 Å². The number of hydrazine groups is 1. The van der Waals surface area contributed by atoms with Gasteiger partial charge in [-0.2, -0.15) is 0 Å². The summed E-state index contributed by atoms with van der Waals surface area (Å²) in [6, 6.07) is 7.54. The molecule has 0 aliphatic carbocycles. The molecule has 2 rings (SSSR count). The first kappa shape index (κ1) is 10.5. The Bertz CT molecular complexity index is 445. The molecular formula is C8H10ClN5. The predicted octanol–water partition coefficient (Wildman–Crippen LogP) is 0.919. The van der Waals surface area contributed by atoms with Crippen molar-refractivity contribution in [3.05, 3.63) is 24.3 Å². The highest BCUT2D eigenvalue weighted by molar-refractivity contribution is 5.97. The molecule has 0 atom stereocenters. The fourth-order valence-electron chi connectivity index (χ4n) is 1.23. The summed E-state index contributed by atoms with van der Waals surface area (Å²) in [6.45, 7) is 0. The maximum atomic E-state index is 5.64. The van der Waals surface area contributed by atoms with Crippen LogP contribution in [-0.4, -0.2) is 10.2 Å². The van der Waals surface area contributed by atoms with Crippen molar-refractivity contribution in [3.63, 3.8) is 0 Å². The Morgan fingerprint density at radius 2 is 1.71 bits per heavy atom. The van der Waals surface area contributed by atoms with Crippen LogP contribution in [0.1, 0.15) is 0 Å². The van der Waals surface area contributed by atoms with Crippen molar-refractivity contribution in [2.24, 2.45) is 5.84 Å². The van der Waals surface area contributed by atoms with E-state index >= 15 is 0 Å². The van der Waals surface area contributed by atoms with E-state index in [9.17, 15) is 0 Å². The fraction of sp³-hybridized carbons (Fsp3) is 0. The molecule has 1 heterocycles. The molecule has 0 spiro atoms. The third-order valence-electron chi connectivity index (χ3n) is 1.85. The normalized spacial score (nSPS) is 9.50. The van der Waals surface area contributed by atoms with E-state index in [4.69, 9.17) is 11.6 Å². The molecule has 14 heavy (non-hydrogen) atoms. The van der Waals surface area contributed by atoms with E-state index in [0.717, 1.165) is 10.8 Å². The molecule has 1 aromatic carbocycles. The van der Waals surface area contributed by atoms with Crippen molar-refractivity contribution in [1.29, 1.82) is 0 Å². The van der Waals surface area contributed by atoms with Gasteiger partial charge in [-0.05, 0) is 0 Å². The van der Waals surface area contributed by atoms with Crippen LogP contribution in [0.25, 0.3) is 10.8 Å². The number of halogens is 1. The lowest BCUT2D eigenvalue weighted by molar-refractivity contribution is 1.05. The number of nitrogen functional groups attached to an aromatic ring is 2. The molecule has 0 saturated heterocycles. The Kier molecular flexibility index (Phi) is 3.06. The number of nitrogens with zero attached hydrogens (tertiary/aromatic N) is 2. The number of benzene rings is 1. The van der Waals surface area contributed by atoms with Crippen LogP contribution < -0.4 is 17.0 Å². The van der Waals surface area contributed by atoms with Crippen LogP contribution in [0, 0.1) is 0 Å². The van der Waals surface area contributed by atoms with Crippen LogP contribution >= 0.6 is 12.4 Å². The average Bonchev–Trinajstić information content (AvgIpc) is 2.19. The molecule has 0 unspecified atom stereocenters. The first-order chi connectivity index (χ1) is 6.33. The zero-order chi connectivity index (χ0) is 9.26. The van der Waals surface area contributed by atoms with Crippen molar-refractivity contribution in [2.75, 3.05) is 11.2 Å². The van der Waals surface area contributed by atoms with Gasteiger partial charge in [0.05, 0.1) is 0 Å². The average molecular weight is 212 g/mol. The topological polar surface area (TPSA) is 89.8 Å². The van der Waals surface area contributed by atoms with Crippen molar-refractivity contribution in [1.82, 2.24) is 10.2 Å². The molecule has 0 fully saturated rings. The van der Waals surface area contributed by atoms with Crippen LogP contribution in [0.2, 0.25) is 0 Å². The number of hydrogen-bond acceptors (Lipinski definition) is 5. The second-order valence-electron chi connectivity index (χ2n) is 2.62. The minimum Gasteiger partial charge on any atom is -0.382 e. The standard InChI is InChI=1S/C8H9N5.ClH/c9-7-5-3-1-2-4-6(5)8(11-10)13-12-7;/h1-4H,10H2,(H2,9,12)(H,11,13);1H. The highest BCUT2D eigenvalue weighted by Crippen LogP contribution is 2.22. The largest absolute Gasteiger partial charge is 0.382 e. The molecule has 0 aliphatic rings. The Morgan fingerprint density at radius 3 is 2.36 bits per heavy atom. The molecule has 0 radical (unpaired) electrons. The summed E-state index contributed by atoms with van der Waals surface area (Å²) in [6.07, 6.45) is 0. The van der Waals surface area contributed by atoms with Gasteiger partial charge in [0.15, 0.2) is 11.6 Å². The van der Waals surface area contributed by atoms with Gasteiger partial charge in [0.2, 0.25) is 0 Å². The third kappa shape index (κ3) is 1.55. The SMILES string of the molecule is Cl.NNc1nnc(N)c2ccccc12. The Hall–Kier alpha value is -1.59. The lowest BCUT2D eigenvalue weighted by Crippen LogP contribution is -2.10. The van der Waals surface area contributed by atoms with E-state index in [0.29, 0.717) is 11.6 Å². The number of hydrogen-bond donors (Lipinski definition) is 3. The predicted molar refractivity (Wildman–Crippen MR) is 59.0 cm³/mol. The summed E-state index contributed by atoms with van der Waals surface area (Å²) in [7, 11) is 0. The molecule has 0 aliphatic heterocycles. The molecule has 0 amide bonds. The summed E-state index contributed by atoms with van der Waals surface area (Å²) in [5.41, 5.74) is 8.11. The maximum absolute atomic E-state index is 5.64. The lowest BCUT2D eigenvalue weighted by atomic mass is 10.2. The minimum absolute atomic E-state index is 0. The van der Waals surface area contributed by atoms with Crippen LogP contribution in [-0.2, 0) is 0 Å². The van der Waals surface area contributed by atoms with Crippen LogP contribution in [0.5, 0.6) is 0 Å². The Morgan fingerprint density at radius 1 is 1.07 bits per heavy atom. The van der Waals surface area contributed by atoms with E-state index in [1.165, 1.54) is 0 Å². The van der Waals surface area contributed by atoms with Crippen LogP contribution in [0.15, 0.2) is 24.3 Å². The maximum Gasteiger partial charge on any atom is 0.170 e. The molecule has 6 heteroatoms. The number of aromatic nitrogens is 2. The Balaban J connectivity index is 0.000000980. The first-order valence-electron chi connectivity index (χ1n) is 3.80. The summed E-state index contributed by atoms with van der Waals surface area (Å²) in [4.78, 5) is 0. The van der Waals surface area contributed by atoms with E-state index in [1.54, 1.807) is 0 Å². The summed E-state index contributed by atoms with van der Waals surface area (Å²) in [5, 5.41) is 9.30. The first-order valence-corrected chi connectivity index (χ1v) is 3.80. The summed E-state index contributed by atoms with van der Waals surface area (Å²) >= 11 is 0. The van der Waals surface area contributed by atoms with E-state index < -0.39 is 0 Å². The van der Waals surface area contributed by atoms with Gasteiger partial charge >= 0.3 is 0 Å². The zero-order valence-electron chi connectivity index (χ0n) is 7.27. The monoisotopic (exact) mass is 211 g/mol. The van der Waals surface area contributed by atoms with Gasteiger partial charge in [-0.25, -0.2) is 5.84 Å². The quantitative estimate of drug-likeness (QED) is 0.482. The molecule has 1 aromatic heterocycles. The molecular weight excluding hydrogens is 202 g/mol.